The molecular weight excluding hydrogens is 1420 g/mol. The van der Waals surface area contributed by atoms with Crippen molar-refractivity contribution in [3.05, 3.63) is 209 Å². The van der Waals surface area contributed by atoms with E-state index in [0.29, 0.717) is 108 Å². The number of nitrogens with one attached hydrogen (secondary N) is 1. The largest absolute Gasteiger partial charge is 2.00 e. The number of ether oxygens (including phenoxy) is 9. The molecule has 107 heavy (non-hydrogen) atoms. The number of hydrogen-bond acceptors (Lipinski definition) is 21. The number of nitrogens with zero attached hydrogens (tertiary/aromatic N) is 3. The van der Waals surface area contributed by atoms with Crippen LogP contribution in [0.5, 0.6) is 0 Å². The molecule has 0 saturated carbocycles. The average molecular weight is 1520 g/mol. The van der Waals surface area contributed by atoms with Crippen molar-refractivity contribution < 1.29 is 138 Å². The van der Waals surface area contributed by atoms with Gasteiger partial charge >= 0.3 is 94.8 Å². The Hall–Kier alpha value is -8.27. The van der Waals surface area contributed by atoms with E-state index in [1.807, 2.05) is 140 Å². The first-order valence-electron chi connectivity index (χ1n) is 35.0. The van der Waals surface area contributed by atoms with E-state index < -0.39 is 58.7 Å². The first kappa shape index (κ1) is 92.9. The summed E-state index contributed by atoms with van der Waals surface area (Å²) in [6, 6.07) is 48.6. The van der Waals surface area contributed by atoms with Gasteiger partial charge in [0.1, 0.15) is 43.4 Å². The molecule has 1 unspecified atom stereocenters. The standard InChI is InChI=1S/C27H30NO5.C20H23NO6.C14H17NO3.C7H7.C6H11NO.C6H8O4.ClH.Mg.Na.H2O/c1-26(2)32-20-23(24(29)33-26)27(18-21-10-5-3-6-11-21)14-9-16-28(17-15-27)25(30)31-19-22-12-7-4-8-13-22;1-20(2)26-17(22)16(18(23)27-20)15-9-6-11-21(12-10-15)19(24)25-13-14-7-4-3-5-8-14;16-13-7-4-9-15(10-8-13)14(17)18-11-12-5-2-1-3-6-12;1-7-5-3-2-4-6-7;8-6-2-1-4-7-5-3-6;1-6(2)9-4(7)3-5(8)10-6;;;;/h3-8,10-13H,9,14-19H2,1-2H3;3-5,7-8H,6,9-13H2,1-2H3;1-3,5-6H,4,7-11H2;2-6H,1H2;7H,1-5H2;3H2,1-2H3;1H;;;1H2/q-1;;;-1;;;;+2;+1;/p-2. The Kier molecular flexibility index (Phi) is 40.7. The van der Waals surface area contributed by atoms with Gasteiger partial charge in [-0.25, -0.2) is 24.0 Å². The summed E-state index contributed by atoms with van der Waals surface area (Å²) in [6.45, 7) is 18.8. The van der Waals surface area contributed by atoms with Crippen LogP contribution in [0.15, 0.2) is 168 Å². The van der Waals surface area contributed by atoms with Gasteiger partial charge in [-0.05, 0) is 97.6 Å². The maximum Gasteiger partial charge on any atom is 2.00 e. The molecule has 27 heteroatoms. The Morgan fingerprint density at radius 1 is 0.458 bits per heavy atom. The van der Waals surface area contributed by atoms with Crippen LogP contribution in [0.4, 0.5) is 14.4 Å². The summed E-state index contributed by atoms with van der Waals surface area (Å²) in [7, 11) is 0. The third-order valence-electron chi connectivity index (χ3n) is 17.0. The zero-order chi connectivity index (χ0) is 74.3. The molecule has 2 N–H and O–H groups in total. The second-order valence-electron chi connectivity index (χ2n) is 26.8. The van der Waals surface area contributed by atoms with Gasteiger partial charge in [0, 0.05) is 113 Å². The van der Waals surface area contributed by atoms with Crippen LogP contribution in [-0.4, -0.2) is 173 Å². The molecule has 0 aromatic heterocycles. The minimum Gasteiger partial charge on any atom is -1.00 e. The number of carbonyl (C=O) groups is 10. The van der Waals surface area contributed by atoms with Crippen molar-refractivity contribution in [2.24, 2.45) is 5.41 Å². The summed E-state index contributed by atoms with van der Waals surface area (Å²) in [4.78, 5) is 122. The number of likely N-dealkylation sites (tertiary alicyclic amines) is 3. The molecule has 1 atom stereocenters. The van der Waals surface area contributed by atoms with Crippen molar-refractivity contribution in [1.29, 1.82) is 0 Å². The predicted octanol–water partition coefficient (Wildman–Crippen LogP) is 6.22. The normalized spacial score (nSPS) is 19.1. The van der Waals surface area contributed by atoms with Crippen LogP contribution in [0.1, 0.15) is 153 Å². The minimum atomic E-state index is -1.25. The van der Waals surface area contributed by atoms with Crippen molar-refractivity contribution in [2.45, 2.75) is 169 Å². The van der Waals surface area contributed by atoms with Crippen LogP contribution < -0.4 is 47.3 Å². The Labute approximate surface area is 671 Å². The minimum absolute atomic E-state index is 0. The SMILES string of the molecule is CC1(C)OC(=O)C(=C2CCCN(C(=O)OCc3ccccc3)CC2)C(=O)O1.CC1(C)OC(=O)CC(=O)O1.CC1(C)O[C-]=C(C2(Cc3ccccc3)CCCN(C(=O)OCc3ccccc3)CC2)C(=O)O1.O=C1CCCN(C(=O)OCc2ccccc2)CC1.O=C1CCCNCC1.[CH2-]c1ccccc1.[Cl-].[Mg+2].[Na+].[OH-]. The van der Waals surface area contributed by atoms with E-state index >= 15 is 0 Å². The third kappa shape index (κ3) is 33.0. The van der Waals surface area contributed by atoms with Crippen molar-refractivity contribution in [3.63, 3.8) is 0 Å². The maximum atomic E-state index is 13.0. The number of halogens is 1. The van der Waals surface area contributed by atoms with Gasteiger partial charge in [0.05, 0.1) is 0 Å². The summed E-state index contributed by atoms with van der Waals surface area (Å²) >= 11 is 0. The molecule has 0 spiro atoms. The van der Waals surface area contributed by atoms with Crippen LogP contribution in [0.3, 0.4) is 0 Å². The molecule has 24 nitrogen and oxygen atoms in total. The number of cyclic esters (lactones) is 5. The summed E-state index contributed by atoms with van der Waals surface area (Å²) in [5.41, 5.74) is 5.53. The van der Waals surface area contributed by atoms with E-state index in [1.54, 1.807) is 28.5 Å². The van der Waals surface area contributed by atoms with E-state index in [0.717, 1.165) is 73.0 Å². The number of amides is 3. The molecule has 568 valence electrons. The van der Waals surface area contributed by atoms with Crippen LogP contribution in [-0.2, 0) is 102 Å². The van der Waals surface area contributed by atoms with Crippen molar-refractivity contribution in [2.75, 3.05) is 52.4 Å². The van der Waals surface area contributed by atoms with Gasteiger partial charge < -0.3 is 85.3 Å². The summed E-state index contributed by atoms with van der Waals surface area (Å²) < 4.78 is 47.0. The first-order valence-corrected chi connectivity index (χ1v) is 35.0. The van der Waals surface area contributed by atoms with Crippen molar-refractivity contribution in [1.82, 2.24) is 20.0 Å². The third-order valence-corrected chi connectivity index (χ3v) is 17.0. The van der Waals surface area contributed by atoms with Gasteiger partial charge in [-0.2, -0.15) is 24.6 Å². The van der Waals surface area contributed by atoms with Gasteiger partial charge in [-0.15, -0.1) is 12.1 Å². The van der Waals surface area contributed by atoms with Gasteiger partial charge in [0.25, 0.3) is 11.6 Å². The maximum absolute atomic E-state index is 13.0. The Bertz CT molecular complexity index is 3670. The predicted molar refractivity (Wildman–Crippen MR) is 386 cm³/mol. The molecule has 0 aliphatic carbocycles. The van der Waals surface area contributed by atoms with E-state index in [2.05, 4.69) is 40.1 Å². The van der Waals surface area contributed by atoms with Crippen molar-refractivity contribution >= 4 is 82.7 Å². The number of rotatable bonds is 9. The molecule has 7 heterocycles. The van der Waals surface area contributed by atoms with Crippen LogP contribution in [0, 0.1) is 18.6 Å². The smallest absolute Gasteiger partial charge is 1.00 e. The number of benzene rings is 5. The van der Waals surface area contributed by atoms with Gasteiger partial charge in [0.15, 0.2) is 5.97 Å². The summed E-state index contributed by atoms with van der Waals surface area (Å²) in [6.07, 6.45) is 10.1. The first-order chi connectivity index (χ1) is 49.3. The number of carbonyl (C=O) groups excluding carboxylic acids is 10. The number of esters is 5. The van der Waals surface area contributed by atoms with E-state index in [1.165, 1.54) is 27.7 Å². The molecule has 7 aliphatic heterocycles. The van der Waals surface area contributed by atoms with E-state index in [-0.39, 0.29) is 120 Å². The summed E-state index contributed by atoms with van der Waals surface area (Å²) in [5.74, 6) is -5.50. The second-order valence-corrected chi connectivity index (χ2v) is 26.8. The molecule has 0 bridgehead atoms. The Morgan fingerprint density at radius 3 is 1.32 bits per heavy atom. The molecule has 12 rings (SSSR count). The number of ketones is 2. The molecule has 6 saturated heterocycles. The van der Waals surface area contributed by atoms with Crippen LogP contribution >= 0.6 is 0 Å². The quantitative estimate of drug-likeness (QED) is 0.0326. The monoisotopic (exact) mass is 1520 g/mol. The van der Waals surface area contributed by atoms with Gasteiger partial charge in [0.2, 0.25) is 5.79 Å². The van der Waals surface area contributed by atoms with Gasteiger partial charge in [-0.1, -0.05) is 139 Å². The Morgan fingerprint density at radius 2 is 0.860 bits per heavy atom. The molecule has 7 aliphatic rings. The molecular formula is C80H97ClMgN4NaO20-. The molecule has 5 aromatic rings. The molecule has 5 aromatic carbocycles. The molecule has 3 amide bonds. The van der Waals surface area contributed by atoms with Gasteiger partial charge in [-0.3, -0.25) is 19.2 Å². The van der Waals surface area contributed by atoms with Crippen molar-refractivity contribution in [3.8, 4) is 0 Å². The molecule has 0 radical (unpaired) electrons. The molecule has 6 fully saturated rings. The fourth-order valence-electron chi connectivity index (χ4n) is 11.8. The zero-order valence-corrected chi connectivity index (χ0v) is 66.6. The van der Waals surface area contributed by atoms with Crippen LogP contribution in [0.2, 0.25) is 0 Å². The summed E-state index contributed by atoms with van der Waals surface area (Å²) in [5, 5.41) is 3.16. The van der Waals surface area contributed by atoms with E-state index in [9.17, 15) is 47.9 Å². The average Bonchev–Trinajstić information content (AvgIpc) is 1.74. The number of hydrogen-bond donors (Lipinski definition) is 1. The van der Waals surface area contributed by atoms with E-state index in [4.69, 9.17) is 33.2 Å². The number of Topliss-reactive ketones (excluding diaryl/α,β-unsaturated/α-hetero) is 2. The zero-order valence-electron chi connectivity index (χ0n) is 62.4. The topological polar surface area (TPSA) is 306 Å². The second kappa shape index (κ2) is 46.8. The van der Waals surface area contributed by atoms with Crippen LogP contribution in [0.25, 0.3) is 0 Å². The fraction of sp³-hybridized carbons (Fsp3) is 0.438. The Balaban J connectivity index is 0.000000359. The fourth-order valence-corrected chi connectivity index (χ4v) is 11.8.